The number of rotatable bonds is 6. The highest BCUT2D eigenvalue weighted by Gasteiger charge is 2.05. The van der Waals surface area contributed by atoms with Crippen LogP contribution >= 0.6 is 0 Å². The van der Waals surface area contributed by atoms with Gasteiger partial charge in [0.25, 0.3) is 0 Å². The standard InChI is InChI=1S/C21H19N3O2/c1-15(25)17-8-5-9-18(13-17)23-19-10-11-20(22-14-19)24-21(26)12-16-6-3-2-4-7-16/h2-11,13-14,23H,12H2,1H3,(H,22,24,26). The van der Waals surface area contributed by atoms with Crippen molar-refractivity contribution in [1.29, 1.82) is 0 Å². The average Bonchev–Trinajstić information content (AvgIpc) is 2.64. The van der Waals surface area contributed by atoms with Crippen LogP contribution in [0, 0.1) is 0 Å². The summed E-state index contributed by atoms with van der Waals surface area (Å²) >= 11 is 0. The number of anilines is 3. The third kappa shape index (κ3) is 4.77. The Morgan fingerprint density at radius 3 is 2.42 bits per heavy atom. The van der Waals surface area contributed by atoms with Crippen LogP contribution in [-0.2, 0) is 11.2 Å². The Bertz CT molecular complexity index is 906. The van der Waals surface area contributed by atoms with E-state index in [0.29, 0.717) is 17.8 Å². The molecule has 3 rings (SSSR count). The Morgan fingerprint density at radius 2 is 1.73 bits per heavy atom. The Hall–Kier alpha value is -3.47. The molecule has 0 atom stereocenters. The largest absolute Gasteiger partial charge is 0.354 e. The van der Waals surface area contributed by atoms with E-state index in [1.807, 2.05) is 48.5 Å². The monoisotopic (exact) mass is 345 g/mol. The molecule has 5 nitrogen and oxygen atoms in total. The molecule has 3 aromatic rings. The zero-order valence-electron chi connectivity index (χ0n) is 14.4. The van der Waals surface area contributed by atoms with Crippen LogP contribution in [0.15, 0.2) is 72.9 Å². The second kappa shape index (κ2) is 8.07. The van der Waals surface area contributed by atoms with E-state index in [9.17, 15) is 9.59 Å². The Morgan fingerprint density at radius 1 is 0.923 bits per heavy atom. The molecule has 1 amide bonds. The minimum atomic E-state index is -0.112. The van der Waals surface area contributed by atoms with E-state index in [1.165, 1.54) is 6.92 Å². The van der Waals surface area contributed by atoms with Gasteiger partial charge in [0.2, 0.25) is 5.91 Å². The molecule has 1 aromatic heterocycles. The number of benzene rings is 2. The first-order valence-electron chi connectivity index (χ1n) is 8.28. The average molecular weight is 345 g/mol. The number of hydrogen-bond donors (Lipinski definition) is 2. The number of carbonyl (C=O) groups is 2. The lowest BCUT2D eigenvalue weighted by Crippen LogP contribution is -2.15. The van der Waals surface area contributed by atoms with Crippen molar-refractivity contribution in [2.45, 2.75) is 13.3 Å². The molecule has 0 saturated carbocycles. The van der Waals surface area contributed by atoms with Gasteiger partial charge in [-0.25, -0.2) is 4.98 Å². The first-order chi connectivity index (χ1) is 12.6. The zero-order chi connectivity index (χ0) is 18.4. The van der Waals surface area contributed by atoms with Crippen molar-refractivity contribution < 1.29 is 9.59 Å². The molecule has 2 N–H and O–H groups in total. The molecule has 1 heterocycles. The van der Waals surface area contributed by atoms with Crippen molar-refractivity contribution in [3.63, 3.8) is 0 Å². The topological polar surface area (TPSA) is 71.1 Å². The number of aromatic nitrogens is 1. The number of pyridine rings is 1. The third-order valence-electron chi connectivity index (χ3n) is 3.80. The molecule has 0 radical (unpaired) electrons. The van der Waals surface area contributed by atoms with E-state index in [4.69, 9.17) is 0 Å². The van der Waals surface area contributed by atoms with Crippen LogP contribution in [0.25, 0.3) is 0 Å². The number of ketones is 1. The molecule has 5 heteroatoms. The van der Waals surface area contributed by atoms with Crippen LogP contribution in [0.1, 0.15) is 22.8 Å². The van der Waals surface area contributed by atoms with Crippen molar-refractivity contribution in [2.75, 3.05) is 10.6 Å². The first kappa shape index (κ1) is 17.4. The van der Waals surface area contributed by atoms with Crippen molar-refractivity contribution in [3.8, 4) is 0 Å². The summed E-state index contributed by atoms with van der Waals surface area (Å²) < 4.78 is 0. The molecule has 26 heavy (non-hydrogen) atoms. The van der Waals surface area contributed by atoms with Crippen LogP contribution < -0.4 is 10.6 Å². The summed E-state index contributed by atoms with van der Waals surface area (Å²) in [6.45, 7) is 1.54. The van der Waals surface area contributed by atoms with E-state index >= 15 is 0 Å². The van der Waals surface area contributed by atoms with Gasteiger partial charge in [-0.15, -0.1) is 0 Å². The Labute approximate surface area is 152 Å². The van der Waals surface area contributed by atoms with Gasteiger partial charge in [-0.05, 0) is 36.8 Å². The molecule has 0 spiro atoms. The van der Waals surface area contributed by atoms with Gasteiger partial charge in [0, 0.05) is 11.3 Å². The van der Waals surface area contributed by atoms with Crippen molar-refractivity contribution in [3.05, 3.63) is 84.1 Å². The van der Waals surface area contributed by atoms with Crippen LogP contribution in [0.3, 0.4) is 0 Å². The maximum absolute atomic E-state index is 12.1. The molecular formula is C21H19N3O2. The quantitative estimate of drug-likeness (QED) is 0.657. The second-order valence-corrected chi connectivity index (χ2v) is 5.90. The SMILES string of the molecule is CC(=O)c1cccc(Nc2ccc(NC(=O)Cc3ccccc3)nc2)c1. The summed E-state index contributed by atoms with van der Waals surface area (Å²) in [4.78, 5) is 27.8. The van der Waals surface area contributed by atoms with Crippen LogP contribution in [0.2, 0.25) is 0 Å². The molecular weight excluding hydrogens is 326 g/mol. The minimum absolute atomic E-state index is 0.0169. The number of amides is 1. The fraction of sp³-hybridized carbons (Fsp3) is 0.0952. The number of carbonyl (C=O) groups excluding carboxylic acids is 2. The summed E-state index contributed by atoms with van der Waals surface area (Å²) in [6.07, 6.45) is 1.94. The van der Waals surface area contributed by atoms with Gasteiger partial charge in [-0.1, -0.05) is 42.5 Å². The fourth-order valence-electron chi connectivity index (χ4n) is 2.49. The van der Waals surface area contributed by atoms with Gasteiger partial charge in [0.05, 0.1) is 18.3 Å². The maximum Gasteiger partial charge on any atom is 0.229 e. The van der Waals surface area contributed by atoms with E-state index < -0.39 is 0 Å². The van der Waals surface area contributed by atoms with Crippen LogP contribution in [-0.4, -0.2) is 16.7 Å². The predicted octanol–water partition coefficient (Wildman–Crippen LogP) is 4.21. The number of nitrogens with zero attached hydrogens (tertiary/aromatic N) is 1. The number of nitrogens with one attached hydrogen (secondary N) is 2. The van der Waals surface area contributed by atoms with E-state index in [1.54, 1.807) is 24.4 Å². The van der Waals surface area contributed by atoms with E-state index in [-0.39, 0.29) is 11.7 Å². The molecule has 0 bridgehead atoms. The highest BCUT2D eigenvalue weighted by Crippen LogP contribution is 2.18. The summed E-state index contributed by atoms with van der Waals surface area (Å²) in [5, 5.41) is 5.98. The Kier molecular flexibility index (Phi) is 5.39. The number of Topliss-reactive ketones (excluding diaryl/α,β-unsaturated/α-hetero) is 1. The highest BCUT2D eigenvalue weighted by atomic mass is 16.1. The lowest BCUT2D eigenvalue weighted by Gasteiger charge is -2.09. The van der Waals surface area contributed by atoms with Gasteiger partial charge < -0.3 is 10.6 Å². The molecule has 0 saturated heterocycles. The fourth-order valence-corrected chi connectivity index (χ4v) is 2.49. The Balaban J connectivity index is 1.60. The maximum atomic E-state index is 12.1. The summed E-state index contributed by atoms with van der Waals surface area (Å²) in [6, 6.07) is 20.4. The second-order valence-electron chi connectivity index (χ2n) is 5.90. The summed E-state index contributed by atoms with van der Waals surface area (Å²) in [7, 11) is 0. The number of hydrogen-bond acceptors (Lipinski definition) is 4. The lowest BCUT2D eigenvalue weighted by atomic mass is 10.1. The van der Waals surface area contributed by atoms with E-state index in [2.05, 4.69) is 15.6 Å². The molecule has 0 unspecified atom stereocenters. The van der Waals surface area contributed by atoms with Gasteiger partial charge in [0.15, 0.2) is 5.78 Å². The molecule has 0 aliphatic heterocycles. The minimum Gasteiger partial charge on any atom is -0.354 e. The van der Waals surface area contributed by atoms with Gasteiger partial charge in [0.1, 0.15) is 5.82 Å². The van der Waals surface area contributed by atoms with Gasteiger partial charge in [-0.3, -0.25) is 9.59 Å². The van der Waals surface area contributed by atoms with Crippen molar-refractivity contribution >= 4 is 28.9 Å². The summed E-state index contributed by atoms with van der Waals surface area (Å²) in [5.74, 6) is 0.399. The predicted molar refractivity (Wildman–Crippen MR) is 103 cm³/mol. The lowest BCUT2D eigenvalue weighted by molar-refractivity contribution is -0.115. The molecule has 2 aromatic carbocycles. The zero-order valence-corrected chi connectivity index (χ0v) is 14.4. The molecule has 0 aliphatic carbocycles. The van der Waals surface area contributed by atoms with Crippen molar-refractivity contribution in [1.82, 2.24) is 4.98 Å². The third-order valence-corrected chi connectivity index (χ3v) is 3.80. The first-order valence-corrected chi connectivity index (χ1v) is 8.28. The molecule has 0 fully saturated rings. The van der Waals surface area contributed by atoms with Crippen molar-refractivity contribution in [2.24, 2.45) is 0 Å². The van der Waals surface area contributed by atoms with E-state index in [0.717, 1.165) is 16.9 Å². The smallest absolute Gasteiger partial charge is 0.229 e. The van der Waals surface area contributed by atoms with Crippen LogP contribution in [0.5, 0.6) is 0 Å². The van der Waals surface area contributed by atoms with Gasteiger partial charge >= 0.3 is 0 Å². The summed E-state index contributed by atoms with van der Waals surface area (Å²) in [5.41, 5.74) is 3.17. The molecule has 130 valence electrons. The molecule has 0 aliphatic rings. The highest BCUT2D eigenvalue weighted by molar-refractivity contribution is 5.95. The normalized spacial score (nSPS) is 10.2. The van der Waals surface area contributed by atoms with Gasteiger partial charge in [-0.2, -0.15) is 0 Å². The van der Waals surface area contributed by atoms with Crippen LogP contribution in [0.4, 0.5) is 17.2 Å².